The maximum Gasteiger partial charge on any atom is 0.243 e. The van der Waals surface area contributed by atoms with Gasteiger partial charge in [0.1, 0.15) is 5.52 Å². The van der Waals surface area contributed by atoms with E-state index < -0.39 is 10.0 Å². The van der Waals surface area contributed by atoms with Crippen LogP contribution in [0.1, 0.15) is 32.3 Å². The van der Waals surface area contributed by atoms with Gasteiger partial charge in [0.05, 0.1) is 10.4 Å². The second-order valence-corrected chi connectivity index (χ2v) is 9.33. The summed E-state index contributed by atoms with van der Waals surface area (Å²) < 4.78 is 28.6. The quantitative estimate of drug-likeness (QED) is 0.481. The van der Waals surface area contributed by atoms with Gasteiger partial charge < -0.3 is 4.90 Å². The number of carbonyl (C=O) groups excluding carboxylic acids is 1. The van der Waals surface area contributed by atoms with Crippen molar-refractivity contribution < 1.29 is 13.2 Å². The number of benzene rings is 2. The number of nitrogens with zero attached hydrogens (tertiary/aromatic N) is 5. The van der Waals surface area contributed by atoms with Crippen molar-refractivity contribution in [2.45, 2.75) is 44.7 Å². The highest BCUT2D eigenvalue weighted by Gasteiger charge is 2.22. The number of carbonyl (C=O) groups is 1. The van der Waals surface area contributed by atoms with Crippen molar-refractivity contribution in [3.8, 4) is 0 Å². The van der Waals surface area contributed by atoms with Crippen molar-refractivity contribution >= 4 is 27.0 Å². The molecule has 2 aromatic carbocycles. The molecule has 1 heterocycles. The highest BCUT2D eigenvalue weighted by molar-refractivity contribution is 7.89. The molecular weight excluding hydrogens is 414 g/mol. The highest BCUT2D eigenvalue weighted by Crippen LogP contribution is 2.21. The molecule has 0 aliphatic heterocycles. The Morgan fingerprint density at radius 2 is 1.77 bits per heavy atom. The van der Waals surface area contributed by atoms with Gasteiger partial charge in [0.25, 0.3) is 0 Å². The topological polar surface area (TPSA) is 88.4 Å². The number of rotatable bonds is 10. The summed E-state index contributed by atoms with van der Waals surface area (Å²) in [7, 11) is -1.74. The van der Waals surface area contributed by atoms with E-state index >= 15 is 0 Å². The van der Waals surface area contributed by atoms with E-state index in [1.807, 2.05) is 44.2 Å². The summed E-state index contributed by atoms with van der Waals surface area (Å²) >= 11 is 0. The maximum absolute atomic E-state index is 12.7. The first kappa shape index (κ1) is 22.9. The summed E-state index contributed by atoms with van der Waals surface area (Å²) in [5, 5.41) is 8.27. The van der Waals surface area contributed by atoms with Gasteiger partial charge in [0.15, 0.2) is 0 Å². The number of hydrogen-bond donors (Lipinski definition) is 0. The fraction of sp³-hybridized carbons (Fsp3) is 0.409. The molecule has 31 heavy (non-hydrogen) atoms. The Bertz CT molecular complexity index is 1120. The van der Waals surface area contributed by atoms with Gasteiger partial charge in [-0.25, -0.2) is 13.1 Å². The van der Waals surface area contributed by atoms with Gasteiger partial charge in [-0.15, -0.1) is 5.10 Å². The second kappa shape index (κ2) is 10.0. The van der Waals surface area contributed by atoms with E-state index in [1.165, 1.54) is 4.31 Å². The number of sulfonamides is 1. The molecule has 1 aromatic heterocycles. The zero-order valence-corrected chi connectivity index (χ0v) is 19.0. The second-order valence-electron chi connectivity index (χ2n) is 7.39. The van der Waals surface area contributed by atoms with Crippen molar-refractivity contribution in [1.29, 1.82) is 0 Å². The molecule has 0 fully saturated rings. The average Bonchev–Trinajstić information content (AvgIpc) is 3.17. The third-order valence-electron chi connectivity index (χ3n) is 5.28. The molecule has 0 atom stereocenters. The Balaban J connectivity index is 1.62. The van der Waals surface area contributed by atoms with E-state index in [0.717, 1.165) is 11.1 Å². The van der Waals surface area contributed by atoms with E-state index in [1.54, 1.807) is 34.8 Å². The highest BCUT2D eigenvalue weighted by atomic mass is 32.2. The molecule has 0 bridgehead atoms. The fourth-order valence-corrected chi connectivity index (χ4v) is 4.99. The molecule has 0 radical (unpaired) electrons. The van der Waals surface area contributed by atoms with Crippen LogP contribution in [0.15, 0.2) is 53.4 Å². The van der Waals surface area contributed by atoms with Crippen LogP contribution in [0.4, 0.5) is 0 Å². The normalized spacial score (nSPS) is 11.9. The molecule has 0 saturated carbocycles. The number of amides is 1. The van der Waals surface area contributed by atoms with E-state index in [0.29, 0.717) is 44.5 Å². The lowest BCUT2D eigenvalue weighted by molar-refractivity contribution is -0.130. The molecule has 0 spiro atoms. The summed E-state index contributed by atoms with van der Waals surface area (Å²) in [5.41, 5.74) is 2.38. The lowest BCUT2D eigenvalue weighted by atomic mass is 10.2. The van der Waals surface area contributed by atoms with Gasteiger partial charge >= 0.3 is 0 Å². The van der Waals surface area contributed by atoms with Crippen molar-refractivity contribution in [2.24, 2.45) is 0 Å². The van der Waals surface area contributed by atoms with Crippen molar-refractivity contribution in [2.75, 3.05) is 20.1 Å². The lowest BCUT2D eigenvalue weighted by Gasteiger charge is -2.18. The third kappa shape index (κ3) is 5.29. The van der Waals surface area contributed by atoms with Gasteiger partial charge in [-0.05, 0) is 30.2 Å². The number of hydrogen-bond acceptors (Lipinski definition) is 5. The minimum atomic E-state index is -3.54. The van der Waals surface area contributed by atoms with E-state index in [4.69, 9.17) is 0 Å². The molecule has 8 nitrogen and oxygen atoms in total. The first-order valence-corrected chi connectivity index (χ1v) is 11.9. The molecule has 9 heteroatoms. The molecule has 0 saturated heterocycles. The van der Waals surface area contributed by atoms with Gasteiger partial charge in [0, 0.05) is 39.6 Å². The molecular formula is C22H29N5O3S. The summed E-state index contributed by atoms with van der Waals surface area (Å²) in [6.07, 6.45) is 1.02. The first-order chi connectivity index (χ1) is 14.9. The van der Waals surface area contributed by atoms with Gasteiger partial charge in [0.2, 0.25) is 15.9 Å². The largest absolute Gasteiger partial charge is 0.341 e. The predicted molar refractivity (Wildman–Crippen MR) is 120 cm³/mol. The summed E-state index contributed by atoms with van der Waals surface area (Å²) in [6.45, 7) is 5.56. The Morgan fingerprint density at radius 1 is 1.06 bits per heavy atom. The number of aryl methyl sites for hydroxylation is 1. The first-order valence-electron chi connectivity index (χ1n) is 10.5. The SMILES string of the molecule is CCN(CC)S(=O)(=O)c1ccc2c(c1)nnn2CCCC(=O)N(C)Cc1ccccc1. The predicted octanol–water partition coefficient (Wildman–Crippen LogP) is 2.90. The zero-order valence-electron chi connectivity index (χ0n) is 18.2. The van der Waals surface area contributed by atoms with E-state index in [-0.39, 0.29) is 10.8 Å². The summed E-state index contributed by atoms with van der Waals surface area (Å²) in [6, 6.07) is 14.8. The Hall–Kier alpha value is -2.78. The van der Waals surface area contributed by atoms with Crippen LogP contribution in [0.3, 0.4) is 0 Å². The Labute approximate surface area is 183 Å². The van der Waals surface area contributed by atoms with Crippen molar-refractivity contribution in [3.05, 3.63) is 54.1 Å². The summed E-state index contributed by atoms with van der Waals surface area (Å²) in [4.78, 5) is 14.4. The van der Waals surface area contributed by atoms with Crippen LogP contribution in [-0.4, -0.2) is 58.7 Å². The van der Waals surface area contributed by atoms with Crippen LogP contribution < -0.4 is 0 Å². The number of aromatic nitrogens is 3. The molecule has 1 amide bonds. The smallest absolute Gasteiger partial charge is 0.243 e. The molecule has 3 aromatic rings. The van der Waals surface area contributed by atoms with Crippen LogP contribution >= 0.6 is 0 Å². The molecule has 0 N–H and O–H groups in total. The zero-order chi connectivity index (χ0) is 22.4. The van der Waals surface area contributed by atoms with Crippen LogP contribution in [-0.2, 0) is 27.9 Å². The molecule has 166 valence electrons. The maximum atomic E-state index is 12.7. The van der Waals surface area contributed by atoms with Crippen LogP contribution in [0.2, 0.25) is 0 Å². The Morgan fingerprint density at radius 3 is 2.45 bits per heavy atom. The summed E-state index contributed by atoms with van der Waals surface area (Å²) in [5.74, 6) is 0.0703. The lowest BCUT2D eigenvalue weighted by Crippen LogP contribution is -2.30. The molecule has 3 rings (SSSR count). The number of fused-ring (bicyclic) bond motifs is 1. The fourth-order valence-electron chi connectivity index (χ4n) is 3.51. The van der Waals surface area contributed by atoms with Crippen molar-refractivity contribution in [1.82, 2.24) is 24.2 Å². The Kier molecular flexibility index (Phi) is 7.40. The standard InChI is InChI=1S/C22H29N5O3S/c1-4-26(5-2)31(29,30)19-13-14-21-20(16-19)23-24-27(21)15-9-12-22(28)25(3)17-18-10-7-6-8-11-18/h6-8,10-11,13-14,16H,4-5,9,12,15,17H2,1-3H3. The van der Waals surface area contributed by atoms with Crippen molar-refractivity contribution in [3.63, 3.8) is 0 Å². The molecule has 0 unspecified atom stereocenters. The van der Waals surface area contributed by atoms with Gasteiger partial charge in [-0.3, -0.25) is 4.79 Å². The minimum Gasteiger partial charge on any atom is -0.341 e. The molecule has 0 aliphatic rings. The van der Waals surface area contributed by atoms with E-state index in [9.17, 15) is 13.2 Å². The van der Waals surface area contributed by atoms with Gasteiger partial charge in [-0.1, -0.05) is 49.4 Å². The van der Waals surface area contributed by atoms with Crippen LogP contribution in [0.5, 0.6) is 0 Å². The minimum absolute atomic E-state index is 0.0703. The monoisotopic (exact) mass is 443 g/mol. The molecule has 0 aliphatic carbocycles. The van der Waals surface area contributed by atoms with E-state index in [2.05, 4.69) is 10.3 Å². The van der Waals surface area contributed by atoms with Crippen LogP contribution in [0.25, 0.3) is 11.0 Å². The van der Waals surface area contributed by atoms with Crippen LogP contribution in [0, 0.1) is 0 Å². The third-order valence-corrected chi connectivity index (χ3v) is 7.32. The van der Waals surface area contributed by atoms with Gasteiger partial charge in [-0.2, -0.15) is 4.31 Å². The average molecular weight is 444 g/mol.